The monoisotopic (exact) mass is 359 g/mol. The summed E-state index contributed by atoms with van der Waals surface area (Å²) >= 11 is 0. The van der Waals surface area contributed by atoms with E-state index in [1.54, 1.807) is 12.4 Å². The molecule has 0 N–H and O–H groups in total. The summed E-state index contributed by atoms with van der Waals surface area (Å²) < 4.78 is 0. The lowest BCUT2D eigenvalue weighted by atomic mass is 10.1. The molecule has 2 aliphatic heterocycles. The molecule has 2 saturated heterocycles. The summed E-state index contributed by atoms with van der Waals surface area (Å²) in [4.78, 5) is 39.5. The summed E-state index contributed by atoms with van der Waals surface area (Å²) in [7, 11) is 0. The van der Waals surface area contributed by atoms with Gasteiger partial charge in [-0.25, -0.2) is 9.97 Å². The van der Waals surface area contributed by atoms with Crippen LogP contribution in [-0.4, -0.2) is 82.3 Å². The van der Waals surface area contributed by atoms with Gasteiger partial charge in [0.15, 0.2) is 0 Å². The van der Waals surface area contributed by atoms with Crippen LogP contribution < -0.4 is 0 Å². The van der Waals surface area contributed by atoms with Crippen LogP contribution in [-0.2, 0) is 4.79 Å². The molecule has 0 radical (unpaired) electrons. The summed E-state index contributed by atoms with van der Waals surface area (Å²) in [6.07, 6.45) is 6.71. The lowest BCUT2D eigenvalue weighted by Crippen LogP contribution is -2.52. The third kappa shape index (κ3) is 4.58. The smallest absolute Gasteiger partial charge is 0.257 e. The Hall–Kier alpha value is -2.02. The highest BCUT2D eigenvalue weighted by molar-refractivity contribution is 5.93. The van der Waals surface area contributed by atoms with Crippen molar-refractivity contribution in [3.05, 3.63) is 23.8 Å². The number of carbonyl (C=O) groups excluding carboxylic acids is 2. The van der Waals surface area contributed by atoms with E-state index in [-0.39, 0.29) is 17.7 Å². The average Bonchev–Trinajstić information content (AvgIpc) is 2.69. The van der Waals surface area contributed by atoms with Crippen LogP contribution >= 0.6 is 0 Å². The van der Waals surface area contributed by atoms with Crippen molar-refractivity contribution in [2.45, 2.75) is 39.0 Å². The second-order valence-corrected chi connectivity index (χ2v) is 7.49. The Morgan fingerprint density at radius 2 is 1.54 bits per heavy atom. The standard InChI is InChI=1S/C19H29N5O2/c1-15(2)18-20-12-16(13-21-18)19(26)24-10-8-22(9-11-24)14-17(25)23-6-4-3-5-7-23/h12-13,15H,3-11,14H2,1-2H3. The Kier molecular flexibility index (Phi) is 6.19. The van der Waals surface area contributed by atoms with Crippen LogP contribution in [0.2, 0.25) is 0 Å². The van der Waals surface area contributed by atoms with E-state index >= 15 is 0 Å². The van der Waals surface area contributed by atoms with E-state index in [1.165, 1.54) is 6.42 Å². The normalized spacial score (nSPS) is 19.0. The molecule has 0 aromatic carbocycles. The predicted molar refractivity (Wildman–Crippen MR) is 98.9 cm³/mol. The van der Waals surface area contributed by atoms with Crippen LogP contribution in [0.1, 0.15) is 55.2 Å². The number of carbonyl (C=O) groups is 2. The first-order valence-corrected chi connectivity index (χ1v) is 9.66. The zero-order valence-corrected chi connectivity index (χ0v) is 15.9. The van der Waals surface area contributed by atoms with Crippen molar-refractivity contribution in [3.63, 3.8) is 0 Å². The van der Waals surface area contributed by atoms with Crippen LogP contribution in [0.3, 0.4) is 0 Å². The molecular formula is C19H29N5O2. The Morgan fingerprint density at radius 1 is 0.923 bits per heavy atom. The number of hydrogen-bond donors (Lipinski definition) is 0. The second-order valence-electron chi connectivity index (χ2n) is 7.49. The first kappa shape index (κ1) is 18.8. The second kappa shape index (κ2) is 8.58. The van der Waals surface area contributed by atoms with Gasteiger partial charge in [0.05, 0.1) is 12.1 Å². The minimum absolute atomic E-state index is 0.0256. The van der Waals surface area contributed by atoms with Gasteiger partial charge < -0.3 is 9.80 Å². The Morgan fingerprint density at radius 3 is 2.12 bits per heavy atom. The fraction of sp³-hybridized carbons (Fsp3) is 0.684. The van der Waals surface area contributed by atoms with Crippen molar-refractivity contribution in [2.75, 3.05) is 45.8 Å². The summed E-state index contributed by atoms with van der Waals surface area (Å²) in [6, 6.07) is 0. The van der Waals surface area contributed by atoms with Crippen molar-refractivity contribution in [2.24, 2.45) is 0 Å². The molecule has 0 aliphatic carbocycles. The average molecular weight is 359 g/mol. The Balaban J connectivity index is 1.48. The highest BCUT2D eigenvalue weighted by atomic mass is 16.2. The van der Waals surface area contributed by atoms with Crippen LogP contribution in [0.25, 0.3) is 0 Å². The predicted octanol–water partition coefficient (Wildman–Crippen LogP) is 1.37. The van der Waals surface area contributed by atoms with E-state index in [0.717, 1.165) is 44.8 Å². The molecule has 3 heterocycles. The van der Waals surface area contributed by atoms with Gasteiger partial charge in [0.25, 0.3) is 5.91 Å². The van der Waals surface area contributed by atoms with Gasteiger partial charge in [-0.15, -0.1) is 0 Å². The van der Waals surface area contributed by atoms with E-state index in [4.69, 9.17) is 0 Å². The molecule has 0 spiro atoms. The molecule has 0 unspecified atom stereocenters. The van der Waals surface area contributed by atoms with Crippen LogP contribution in [0, 0.1) is 0 Å². The summed E-state index contributed by atoms with van der Waals surface area (Å²) in [5.74, 6) is 1.20. The fourth-order valence-electron chi connectivity index (χ4n) is 3.47. The quantitative estimate of drug-likeness (QED) is 0.812. The summed E-state index contributed by atoms with van der Waals surface area (Å²) in [5, 5.41) is 0. The largest absolute Gasteiger partial charge is 0.342 e. The third-order valence-electron chi connectivity index (χ3n) is 5.16. The molecule has 7 heteroatoms. The minimum atomic E-state index is -0.0256. The molecule has 1 aromatic rings. The van der Waals surface area contributed by atoms with Crippen molar-refractivity contribution >= 4 is 11.8 Å². The molecule has 0 bridgehead atoms. The number of nitrogens with zero attached hydrogens (tertiary/aromatic N) is 5. The maximum Gasteiger partial charge on any atom is 0.257 e. The van der Waals surface area contributed by atoms with Gasteiger partial charge in [-0.05, 0) is 19.3 Å². The van der Waals surface area contributed by atoms with Gasteiger partial charge in [-0.3, -0.25) is 14.5 Å². The van der Waals surface area contributed by atoms with Crippen molar-refractivity contribution in [1.29, 1.82) is 0 Å². The van der Waals surface area contributed by atoms with Gasteiger partial charge in [0.2, 0.25) is 5.91 Å². The maximum atomic E-state index is 12.6. The molecule has 26 heavy (non-hydrogen) atoms. The molecule has 1 aromatic heterocycles. The Labute approximate surface area is 155 Å². The molecule has 0 atom stereocenters. The molecular weight excluding hydrogens is 330 g/mol. The highest BCUT2D eigenvalue weighted by Gasteiger charge is 2.25. The number of piperidine rings is 1. The highest BCUT2D eigenvalue weighted by Crippen LogP contribution is 2.12. The van der Waals surface area contributed by atoms with Gasteiger partial charge in [-0.2, -0.15) is 0 Å². The maximum absolute atomic E-state index is 12.6. The molecule has 142 valence electrons. The van der Waals surface area contributed by atoms with Crippen LogP contribution in [0.5, 0.6) is 0 Å². The molecule has 7 nitrogen and oxygen atoms in total. The van der Waals surface area contributed by atoms with Crippen LogP contribution in [0.15, 0.2) is 12.4 Å². The van der Waals surface area contributed by atoms with Crippen molar-refractivity contribution in [1.82, 2.24) is 24.7 Å². The number of hydrogen-bond acceptors (Lipinski definition) is 5. The van der Waals surface area contributed by atoms with E-state index in [2.05, 4.69) is 14.9 Å². The Bertz CT molecular complexity index is 617. The zero-order chi connectivity index (χ0) is 18.5. The SMILES string of the molecule is CC(C)c1ncc(C(=O)N2CCN(CC(=O)N3CCCCC3)CC2)cn1. The third-order valence-corrected chi connectivity index (χ3v) is 5.16. The van der Waals surface area contributed by atoms with E-state index in [1.807, 2.05) is 23.6 Å². The molecule has 2 amide bonds. The first-order chi connectivity index (χ1) is 12.5. The molecule has 2 aliphatic rings. The first-order valence-electron chi connectivity index (χ1n) is 9.66. The van der Waals surface area contributed by atoms with Crippen molar-refractivity contribution < 1.29 is 9.59 Å². The number of aromatic nitrogens is 2. The molecule has 3 rings (SSSR count). The zero-order valence-electron chi connectivity index (χ0n) is 15.9. The van der Waals surface area contributed by atoms with Gasteiger partial charge in [-0.1, -0.05) is 13.8 Å². The number of piperazine rings is 1. The van der Waals surface area contributed by atoms with Gasteiger partial charge in [0, 0.05) is 57.6 Å². The van der Waals surface area contributed by atoms with E-state index < -0.39 is 0 Å². The number of likely N-dealkylation sites (tertiary alicyclic amines) is 1. The summed E-state index contributed by atoms with van der Waals surface area (Å²) in [5.41, 5.74) is 0.534. The van der Waals surface area contributed by atoms with Gasteiger partial charge in [0.1, 0.15) is 5.82 Å². The fourth-order valence-corrected chi connectivity index (χ4v) is 3.47. The summed E-state index contributed by atoms with van der Waals surface area (Å²) in [6.45, 7) is 9.05. The van der Waals surface area contributed by atoms with E-state index in [0.29, 0.717) is 25.2 Å². The number of rotatable bonds is 4. The van der Waals surface area contributed by atoms with Crippen molar-refractivity contribution in [3.8, 4) is 0 Å². The lowest BCUT2D eigenvalue weighted by molar-refractivity contribution is -0.133. The van der Waals surface area contributed by atoms with Crippen LogP contribution in [0.4, 0.5) is 0 Å². The number of amides is 2. The molecule has 2 fully saturated rings. The van der Waals surface area contributed by atoms with E-state index in [9.17, 15) is 9.59 Å². The lowest BCUT2D eigenvalue weighted by Gasteiger charge is -2.36. The topological polar surface area (TPSA) is 69.6 Å². The molecule has 0 saturated carbocycles. The van der Waals surface area contributed by atoms with Gasteiger partial charge >= 0.3 is 0 Å². The minimum Gasteiger partial charge on any atom is -0.342 e.